The number of benzene rings is 2. The van der Waals surface area contributed by atoms with E-state index in [-0.39, 0.29) is 11.7 Å². The van der Waals surface area contributed by atoms with Gasteiger partial charge in [-0.25, -0.2) is 4.39 Å². The summed E-state index contributed by atoms with van der Waals surface area (Å²) in [4.78, 5) is 12.8. The first kappa shape index (κ1) is 16.3. The maximum absolute atomic E-state index is 13.0. The zero-order valence-electron chi connectivity index (χ0n) is 12.4. The Balaban J connectivity index is 1.70. The van der Waals surface area contributed by atoms with E-state index in [1.54, 1.807) is 30.0 Å². The lowest BCUT2D eigenvalue weighted by atomic mass is 10.2. The normalized spacial score (nSPS) is 10.8. The highest BCUT2D eigenvalue weighted by atomic mass is 32.2. The third kappa shape index (κ3) is 5.74. The molecule has 22 heavy (non-hydrogen) atoms. The zero-order chi connectivity index (χ0) is 15.8. The number of aryl methyl sites for hydroxylation is 1. The minimum absolute atomic E-state index is 0.172. The van der Waals surface area contributed by atoms with Gasteiger partial charge in [-0.15, -0.1) is 11.8 Å². The van der Waals surface area contributed by atoms with E-state index in [2.05, 4.69) is 36.5 Å². The number of hydrogen-bond donors (Lipinski definition) is 1. The molecule has 0 atom stereocenters. The molecule has 2 aromatic carbocycles. The summed E-state index contributed by atoms with van der Waals surface area (Å²) in [6.07, 6.45) is 3.02. The highest BCUT2D eigenvalue weighted by Crippen LogP contribution is 2.17. The van der Waals surface area contributed by atoms with E-state index in [1.165, 1.54) is 28.7 Å². The van der Waals surface area contributed by atoms with Gasteiger partial charge in [0.1, 0.15) is 5.82 Å². The second kappa shape index (κ2) is 8.39. The van der Waals surface area contributed by atoms with Crippen LogP contribution >= 0.6 is 11.8 Å². The van der Waals surface area contributed by atoms with Crippen LogP contribution in [0, 0.1) is 12.7 Å². The minimum atomic E-state index is -0.308. The molecule has 0 heterocycles. The molecule has 0 aromatic heterocycles. The van der Waals surface area contributed by atoms with Gasteiger partial charge in [0.25, 0.3) is 0 Å². The molecule has 0 saturated heterocycles. The largest absolute Gasteiger partial charge is 0.352 e. The maximum Gasteiger partial charge on any atom is 0.244 e. The molecule has 2 aromatic rings. The molecule has 0 bridgehead atoms. The van der Waals surface area contributed by atoms with Crippen LogP contribution in [0.4, 0.5) is 4.39 Å². The molecule has 2 nitrogen and oxygen atoms in total. The Labute approximate surface area is 134 Å². The van der Waals surface area contributed by atoms with Gasteiger partial charge in [-0.3, -0.25) is 4.79 Å². The molecular formula is C18H18FNOS. The number of amides is 1. The SMILES string of the molecule is Cc1ccc(SCCNC(=O)/C=C/c2cccc(F)c2)cc1. The first-order valence-corrected chi connectivity index (χ1v) is 8.03. The predicted molar refractivity (Wildman–Crippen MR) is 90.3 cm³/mol. The average Bonchev–Trinajstić information content (AvgIpc) is 2.51. The molecule has 0 aliphatic carbocycles. The van der Waals surface area contributed by atoms with Crippen LogP contribution in [0.25, 0.3) is 6.08 Å². The molecule has 0 saturated carbocycles. The Bertz CT molecular complexity index is 652. The van der Waals surface area contributed by atoms with Gasteiger partial charge in [-0.2, -0.15) is 0 Å². The Morgan fingerprint density at radius 3 is 2.73 bits per heavy atom. The number of thioether (sulfide) groups is 1. The topological polar surface area (TPSA) is 29.1 Å². The molecule has 0 fully saturated rings. The summed E-state index contributed by atoms with van der Waals surface area (Å²) in [6, 6.07) is 14.4. The van der Waals surface area contributed by atoms with Crippen LogP contribution in [0.15, 0.2) is 59.5 Å². The van der Waals surface area contributed by atoms with E-state index in [9.17, 15) is 9.18 Å². The van der Waals surface area contributed by atoms with Crippen LogP contribution in [-0.2, 0) is 4.79 Å². The molecule has 114 valence electrons. The monoisotopic (exact) mass is 315 g/mol. The fourth-order valence-electron chi connectivity index (χ4n) is 1.82. The van der Waals surface area contributed by atoms with Crippen molar-refractivity contribution < 1.29 is 9.18 Å². The number of carbonyl (C=O) groups excluding carboxylic acids is 1. The summed E-state index contributed by atoms with van der Waals surface area (Å²) >= 11 is 1.70. The molecule has 1 N–H and O–H groups in total. The van der Waals surface area contributed by atoms with E-state index in [1.807, 2.05) is 0 Å². The van der Waals surface area contributed by atoms with Gasteiger partial charge in [0.05, 0.1) is 0 Å². The van der Waals surface area contributed by atoms with Crippen molar-refractivity contribution in [3.05, 3.63) is 71.6 Å². The van der Waals surface area contributed by atoms with E-state index in [4.69, 9.17) is 0 Å². The van der Waals surface area contributed by atoms with Crippen molar-refractivity contribution >= 4 is 23.7 Å². The van der Waals surface area contributed by atoms with Crippen LogP contribution in [-0.4, -0.2) is 18.2 Å². The van der Waals surface area contributed by atoms with Crippen LogP contribution < -0.4 is 5.32 Å². The Kier molecular flexibility index (Phi) is 6.22. The Hall–Kier alpha value is -2.07. The molecule has 2 rings (SSSR count). The summed E-state index contributed by atoms with van der Waals surface area (Å²) in [5.41, 5.74) is 1.91. The summed E-state index contributed by atoms with van der Waals surface area (Å²) in [7, 11) is 0. The summed E-state index contributed by atoms with van der Waals surface area (Å²) in [5, 5.41) is 2.81. The number of rotatable bonds is 6. The second-order valence-corrected chi connectivity index (χ2v) is 6.01. The highest BCUT2D eigenvalue weighted by Gasteiger charge is 1.97. The highest BCUT2D eigenvalue weighted by molar-refractivity contribution is 7.99. The maximum atomic E-state index is 13.0. The third-order valence-electron chi connectivity index (χ3n) is 2.97. The lowest BCUT2D eigenvalue weighted by Crippen LogP contribution is -2.23. The van der Waals surface area contributed by atoms with Gasteiger partial charge in [-0.05, 0) is 42.8 Å². The summed E-state index contributed by atoms with van der Waals surface area (Å²) in [6.45, 7) is 2.64. The van der Waals surface area contributed by atoms with E-state index >= 15 is 0 Å². The smallest absolute Gasteiger partial charge is 0.244 e. The fourth-order valence-corrected chi connectivity index (χ4v) is 2.59. The summed E-state index contributed by atoms with van der Waals surface area (Å²) < 4.78 is 13.0. The number of carbonyl (C=O) groups is 1. The van der Waals surface area contributed by atoms with Crippen LogP contribution in [0.2, 0.25) is 0 Å². The molecule has 4 heteroatoms. The minimum Gasteiger partial charge on any atom is -0.352 e. The van der Waals surface area contributed by atoms with Gasteiger partial charge >= 0.3 is 0 Å². The number of halogens is 1. The van der Waals surface area contributed by atoms with Crippen molar-refractivity contribution in [2.45, 2.75) is 11.8 Å². The fraction of sp³-hybridized carbons (Fsp3) is 0.167. The average molecular weight is 315 g/mol. The van der Waals surface area contributed by atoms with Crippen molar-refractivity contribution in [1.82, 2.24) is 5.32 Å². The molecule has 0 unspecified atom stereocenters. The van der Waals surface area contributed by atoms with Crippen LogP contribution in [0.3, 0.4) is 0 Å². The molecule has 0 aliphatic heterocycles. The Morgan fingerprint density at radius 2 is 2.00 bits per heavy atom. The van der Waals surface area contributed by atoms with Crippen molar-refractivity contribution in [1.29, 1.82) is 0 Å². The molecule has 1 amide bonds. The van der Waals surface area contributed by atoms with Crippen LogP contribution in [0.5, 0.6) is 0 Å². The van der Waals surface area contributed by atoms with E-state index in [0.717, 1.165) is 5.75 Å². The van der Waals surface area contributed by atoms with E-state index < -0.39 is 0 Å². The predicted octanol–water partition coefficient (Wildman–Crippen LogP) is 4.06. The van der Waals surface area contributed by atoms with Gasteiger partial charge in [-0.1, -0.05) is 29.8 Å². The van der Waals surface area contributed by atoms with E-state index in [0.29, 0.717) is 12.1 Å². The quantitative estimate of drug-likeness (QED) is 0.495. The van der Waals surface area contributed by atoms with Crippen LogP contribution in [0.1, 0.15) is 11.1 Å². The van der Waals surface area contributed by atoms with Crippen molar-refractivity contribution in [3.63, 3.8) is 0 Å². The van der Waals surface area contributed by atoms with Gasteiger partial charge in [0.2, 0.25) is 5.91 Å². The molecular weight excluding hydrogens is 297 g/mol. The van der Waals surface area contributed by atoms with Gasteiger partial charge in [0.15, 0.2) is 0 Å². The van der Waals surface area contributed by atoms with Gasteiger partial charge in [0, 0.05) is 23.3 Å². The molecule has 0 radical (unpaired) electrons. The zero-order valence-corrected chi connectivity index (χ0v) is 13.2. The second-order valence-electron chi connectivity index (χ2n) is 4.84. The lowest BCUT2D eigenvalue weighted by Gasteiger charge is -2.03. The van der Waals surface area contributed by atoms with Crippen molar-refractivity contribution in [2.24, 2.45) is 0 Å². The first-order valence-electron chi connectivity index (χ1n) is 7.04. The molecule has 0 aliphatic rings. The lowest BCUT2D eigenvalue weighted by molar-refractivity contribution is -0.116. The van der Waals surface area contributed by atoms with Crippen molar-refractivity contribution in [2.75, 3.05) is 12.3 Å². The standard InChI is InChI=1S/C18H18FNOS/c1-14-5-8-17(9-6-14)22-12-11-20-18(21)10-7-15-3-2-4-16(19)13-15/h2-10,13H,11-12H2,1H3,(H,20,21)/b10-7+. The number of hydrogen-bond acceptors (Lipinski definition) is 2. The van der Waals surface area contributed by atoms with Gasteiger partial charge < -0.3 is 5.32 Å². The Morgan fingerprint density at radius 1 is 1.23 bits per heavy atom. The molecule has 0 spiro atoms. The third-order valence-corrected chi connectivity index (χ3v) is 3.98. The number of nitrogens with one attached hydrogen (secondary N) is 1. The first-order chi connectivity index (χ1) is 10.6. The summed E-state index contributed by atoms with van der Waals surface area (Å²) in [5.74, 6) is 0.327. The van der Waals surface area contributed by atoms with Crippen molar-refractivity contribution in [3.8, 4) is 0 Å².